The third kappa shape index (κ3) is 4.33. The van der Waals surface area contributed by atoms with Gasteiger partial charge in [0.25, 0.3) is 11.5 Å². The van der Waals surface area contributed by atoms with Crippen LogP contribution in [0.5, 0.6) is 0 Å². The van der Waals surface area contributed by atoms with Gasteiger partial charge in [-0.05, 0) is 36.6 Å². The van der Waals surface area contributed by atoms with Gasteiger partial charge in [-0.3, -0.25) is 9.59 Å². The average molecular weight is 416 g/mol. The van der Waals surface area contributed by atoms with Crippen LogP contribution in [0.4, 0.5) is 5.82 Å². The molecule has 5 rings (SSSR count). The van der Waals surface area contributed by atoms with Crippen molar-refractivity contribution < 1.29 is 4.79 Å². The summed E-state index contributed by atoms with van der Waals surface area (Å²) in [6.07, 6.45) is 2.42. The highest BCUT2D eigenvalue weighted by atomic mass is 16.2. The number of aromatic nitrogens is 4. The third-order valence-corrected chi connectivity index (χ3v) is 5.82. The summed E-state index contributed by atoms with van der Waals surface area (Å²) in [6.45, 7) is 2.86. The second-order valence-electron chi connectivity index (χ2n) is 8.07. The first-order valence-electron chi connectivity index (χ1n) is 10.7. The van der Waals surface area contributed by atoms with Gasteiger partial charge in [0, 0.05) is 38.2 Å². The van der Waals surface area contributed by atoms with Crippen LogP contribution in [-0.2, 0) is 6.54 Å². The number of benzene rings is 1. The molecule has 8 heteroatoms. The molecule has 8 nitrogen and oxygen atoms in total. The van der Waals surface area contributed by atoms with E-state index in [1.807, 2.05) is 36.4 Å². The molecule has 1 aliphatic heterocycles. The molecule has 158 valence electrons. The van der Waals surface area contributed by atoms with Gasteiger partial charge in [0.1, 0.15) is 5.69 Å². The normalized spacial score (nSPS) is 16.4. The molecule has 0 N–H and O–H groups in total. The Morgan fingerprint density at radius 2 is 1.68 bits per heavy atom. The zero-order valence-corrected chi connectivity index (χ0v) is 17.2. The van der Waals surface area contributed by atoms with Crippen molar-refractivity contribution >= 4 is 11.7 Å². The second-order valence-corrected chi connectivity index (χ2v) is 8.07. The van der Waals surface area contributed by atoms with Gasteiger partial charge in [-0.25, -0.2) is 4.68 Å². The molecule has 3 heterocycles. The first-order valence-corrected chi connectivity index (χ1v) is 10.7. The van der Waals surface area contributed by atoms with Crippen molar-refractivity contribution in [2.24, 2.45) is 0 Å². The first-order chi connectivity index (χ1) is 15.2. The highest BCUT2D eigenvalue weighted by molar-refractivity contribution is 5.92. The van der Waals surface area contributed by atoms with E-state index in [0.717, 1.165) is 17.1 Å². The number of anilines is 1. The topological polar surface area (TPSA) is 84.2 Å². The Morgan fingerprint density at radius 3 is 2.35 bits per heavy atom. The largest absolute Gasteiger partial charge is 0.352 e. The Labute approximate surface area is 180 Å². The summed E-state index contributed by atoms with van der Waals surface area (Å²) in [4.78, 5) is 29.1. The Hall–Kier alpha value is -3.55. The van der Waals surface area contributed by atoms with Crippen molar-refractivity contribution in [3.05, 3.63) is 81.9 Å². The molecule has 0 spiro atoms. The minimum atomic E-state index is -0.224. The van der Waals surface area contributed by atoms with E-state index in [1.54, 1.807) is 4.90 Å². The van der Waals surface area contributed by atoms with Crippen LogP contribution in [0, 0.1) is 0 Å². The van der Waals surface area contributed by atoms with Gasteiger partial charge in [-0.2, -0.15) is 10.2 Å². The number of hydrogen-bond acceptors (Lipinski definition) is 6. The molecule has 0 atom stereocenters. The molecule has 1 amide bonds. The summed E-state index contributed by atoms with van der Waals surface area (Å²) in [5, 5.41) is 13.1. The first kappa shape index (κ1) is 19.4. The Balaban J connectivity index is 1.24. The molecular formula is C23H24N6O2. The van der Waals surface area contributed by atoms with Gasteiger partial charge in [0.05, 0.1) is 12.2 Å². The number of carbonyl (C=O) groups excluding carboxylic acids is 1. The van der Waals surface area contributed by atoms with Crippen LogP contribution in [0.15, 0.2) is 59.4 Å². The number of carbonyl (C=O) groups is 1. The minimum Gasteiger partial charge on any atom is -0.352 e. The lowest BCUT2D eigenvalue weighted by Crippen LogP contribution is -2.49. The van der Waals surface area contributed by atoms with Crippen molar-refractivity contribution in [1.29, 1.82) is 0 Å². The molecule has 1 aromatic carbocycles. The zero-order chi connectivity index (χ0) is 21.2. The lowest BCUT2D eigenvalue weighted by atomic mass is 10.2. The summed E-state index contributed by atoms with van der Waals surface area (Å²) in [7, 11) is 0. The molecule has 0 radical (unpaired) electrons. The van der Waals surface area contributed by atoms with Crippen LogP contribution in [0.3, 0.4) is 0 Å². The van der Waals surface area contributed by atoms with Gasteiger partial charge < -0.3 is 9.80 Å². The van der Waals surface area contributed by atoms with Gasteiger partial charge in [0.2, 0.25) is 0 Å². The fraction of sp³-hybridized carbons (Fsp3) is 0.348. The number of nitrogens with zero attached hydrogens (tertiary/aromatic N) is 6. The lowest BCUT2D eigenvalue weighted by Gasteiger charge is -2.35. The molecule has 2 aliphatic rings. The van der Waals surface area contributed by atoms with Gasteiger partial charge in [0.15, 0.2) is 5.82 Å². The highest BCUT2D eigenvalue weighted by Crippen LogP contribution is 2.38. The molecule has 0 bridgehead atoms. The van der Waals surface area contributed by atoms with Crippen LogP contribution in [0.1, 0.15) is 40.5 Å². The summed E-state index contributed by atoms with van der Waals surface area (Å²) < 4.78 is 1.34. The van der Waals surface area contributed by atoms with Gasteiger partial charge in [-0.15, -0.1) is 5.10 Å². The molecular weight excluding hydrogens is 392 g/mol. The highest BCUT2D eigenvalue weighted by Gasteiger charge is 2.27. The lowest BCUT2D eigenvalue weighted by molar-refractivity contribution is 0.0737. The van der Waals surface area contributed by atoms with E-state index in [4.69, 9.17) is 0 Å². The summed E-state index contributed by atoms with van der Waals surface area (Å²) in [5.41, 5.74) is 2.11. The van der Waals surface area contributed by atoms with Crippen LogP contribution in [0.2, 0.25) is 0 Å². The fourth-order valence-electron chi connectivity index (χ4n) is 3.83. The van der Waals surface area contributed by atoms with E-state index >= 15 is 0 Å². The number of piperazine rings is 1. The summed E-state index contributed by atoms with van der Waals surface area (Å²) >= 11 is 0. The molecule has 1 aliphatic carbocycles. The maximum absolute atomic E-state index is 13.0. The monoisotopic (exact) mass is 416 g/mol. The van der Waals surface area contributed by atoms with Crippen LogP contribution >= 0.6 is 0 Å². The molecule has 0 unspecified atom stereocenters. The number of rotatable bonds is 5. The maximum Gasteiger partial charge on any atom is 0.274 e. The van der Waals surface area contributed by atoms with Gasteiger partial charge >= 0.3 is 0 Å². The van der Waals surface area contributed by atoms with E-state index in [9.17, 15) is 9.59 Å². The summed E-state index contributed by atoms with van der Waals surface area (Å²) in [6, 6.07) is 16.6. The number of amides is 1. The number of hydrogen-bond donors (Lipinski definition) is 0. The standard InChI is InChI=1S/C23H24N6O2/c30-22-11-9-20(26-29(22)16-17-4-2-1-3-5-17)23(31)28-14-12-27(13-15-28)21-10-8-19(24-25-21)18-6-7-18/h1-5,8-11,18H,6-7,12-16H2. The third-order valence-electron chi connectivity index (χ3n) is 5.82. The molecule has 1 saturated carbocycles. The maximum atomic E-state index is 13.0. The Morgan fingerprint density at radius 1 is 0.903 bits per heavy atom. The average Bonchev–Trinajstić information content (AvgIpc) is 3.67. The minimum absolute atomic E-state index is 0.156. The quantitative estimate of drug-likeness (QED) is 0.632. The van der Waals surface area contributed by atoms with Crippen LogP contribution in [0.25, 0.3) is 0 Å². The van der Waals surface area contributed by atoms with E-state index in [0.29, 0.717) is 38.6 Å². The second kappa shape index (κ2) is 8.29. The predicted octanol–water partition coefficient (Wildman–Crippen LogP) is 1.92. The van der Waals surface area contributed by atoms with Crippen LogP contribution in [-0.4, -0.2) is 57.0 Å². The van der Waals surface area contributed by atoms with E-state index in [1.165, 1.54) is 29.7 Å². The van der Waals surface area contributed by atoms with Crippen LogP contribution < -0.4 is 10.5 Å². The van der Waals surface area contributed by atoms with Crippen molar-refractivity contribution in [2.45, 2.75) is 25.3 Å². The molecule has 2 fully saturated rings. The van der Waals surface area contributed by atoms with Crippen molar-refractivity contribution in [2.75, 3.05) is 31.1 Å². The predicted molar refractivity (Wildman–Crippen MR) is 116 cm³/mol. The Bertz CT molecular complexity index is 1120. The summed E-state index contributed by atoms with van der Waals surface area (Å²) in [5.74, 6) is 1.29. The smallest absolute Gasteiger partial charge is 0.274 e. The van der Waals surface area contributed by atoms with Gasteiger partial charge in [-0.1, -0.05) is 30.3 Å². The molecule has 3 aromatic rings. The fourth-order valence-corrected chi connectivity index (χ4v) is 3.83. The Kier molecular flexibility index (Phi) is 5.19. The van der Waals surface area contributed by atoms with E-state index in [2.05, 4.69) is 26.3 Å². The molecule has 31 heavy (non-hydrogen) atoms. The van der Waals surface area contributed by atoms with Crippen molar-refractivity contribution in [3.63, 3.8) is 0 Å². The zero-order valence-electron chi connectivity index (χ0n) is 17.2. The molecule has 2 aromatic heterocycles. The SMILES string of the molecule is O=C(c1ccc(=O)n(Cc2ccccc2)n1)N1CCN(c2ccc(C3CC3)nn2)CC1. The molecule has 1 saturated heterocycles. The van der Waals surface area contributed by atoms with Crippen molar-refractivity contribution in [3.8, 4) is 0 Å². The van der Waals surface area contributed by atoms with Crippen molar-refractivity contribution in [1.82, 2.24) is 24.9 Å². The van der Waals surface area contributed by atoms with E-state index in [-0.39, 0.29) is 17.2 Å². The van der Waals surface area contributed by atoms with E-state index < -0.39 is 0 Å².